The van der Waals surface area contributed by atoms with Crippen LogP contribution in [0, 0.1) is 24.0 Å². The van der Waals surface area contributed by atoms with Gasteiger partial charge in [-0.15, -0.1) is 6.42 Å². The molecule has 3 nitrogen and oxygen atoms in total. The van der Waals surface area contributed by atoms with Gasteiger partial charge in [-0.3, -0.25) is 4.79 Å². The third kappa shape index (κ3) is 3.09. The number of amides is 1. The van der Waals surface area contributed by atoms with Crippen molar-refractivity contribution in [3.05, 3.63) is 35.0 Å². The highest BCUT2D eigenvalue weighted by molar-refractivity contribution is 5.94. The number of rotatable bonds is 5. The molecule has 26 heavy (non-hydrogen) atoms. The number of nitrogens with zero attached hydrogens (tertiary/aromatic N) is 1. The lowest BCUT2D eigenvalue weighted by atomic mass is 9.87. The highest BCUT2D eigenvalue weighted by Gasteiger charge is 2.38. The van der Waals surface area contributed by atoms with Crippen LogP contribution in [0.25, 0.3) is 10.9 Å². The van der Waals surface area contributed by atoms with E-state index < -0.39 is 11.6 Å². The molecule has 1 N–H and O–H groups in total. The van der Waals surface area contributed by atoms with Crippen LogP contribution >= 0.6 is 0 Å². The van der Waals surface area contributed by atoms with Gasteiger partial charge in [-0.2, -0.15) is 0 Å². The molecule has 1 aromatic heterocycles. The van der Waals surface area contributed by atoms with Crippen LogP contribution in [0.15, 0.2) is 12.1 Å². The zero-order chi connectivity index (χ0) is 18.8. The van der Waals surface area contributed by atoms with Crippen LogP contribution in [-0.4, -0.2) is 21.8 Å². The lowest BCUT2D eigenvalue weighted by Gasteiger charge is -2.41. The first-order chi connectivity index (χ1) is 12.5. The number of benzene rings is 1. The number of carbonyl (C=O) groups is 1. The second-order valence-corrected chi connectivity index (χ2v) is 6.99. The third-order valence-corrected chi connectivity index (χ3v) is 5.28. The Balaban J connectivity index is 2.18. The summed E-state index contributed by atoms with van der Waals surface area (Å²) in [6, 6.07) is 1.99. The fourth-order valence-corrected chi connectivity index (χ4v) is 4.15. The maximum Gasteiger partial charge on any atom is 0.299 e. The predicted molar refractivity (Wildman–Crippen MR) is 98.6 cm³/mol. The predicted octanol–water partition coefficient (Wildman–Crippen LogP) is 4.86. The van der Waals surface area contributed by atoms with E-state index >= 15 is 0 Å². The van der Waals surface area contributed by atoms with E-state index in [0.29, 0.717) is 17.3 Å². The molecule has 2 aromatic rings. The number of unbranched alkanes of at least 4 members (excludes halogenated alkanes) is 1. The maximum atomic E-state index is 14.3. The van der Waals surface area contributed by atoms with E-state index in [0.717, 1.165) is 49.4 Å². The average molecular weight is 358 g/mol. The Labute approximate surface area is 152 Å². The number of hydrogen-bond donors (Lipinski definition) is 1. The van der Waals surface area contributed by atoms with E-state index in [4.69, 9.17) is 6.42 Å². The molecule has 1 aromatic carbocycles. The molecular weight excluding hydrogens is 334 g/mol. The number of aromatic nitrogens is 1. The molecule has 1 aliphatic heterocycles. The quantitative estimate of drug-likeness (QED) is 0.761. The highest BCUT2D eigenvalue weighted by atomic mass is 19.1. The van der Waals surface area contributed by atoms with Crippen molar-refractivity contribution < 1.29 is 13.6 Å². The first-order valence-corrected chi connectivity index (χ1v) is 9.30. The first-order valence-electron chi connectivity index (χ1n) is 9.30. The number of fused-ring (bicyclic) bond motifs is 3. The summed E-state index contributed by atoms with van der Waals surface area (Å²) in [5.74, 6) is 0.727. The van der Waals surface area contributed by atoms with Gasteiger partial charge in [0.25, 0.3) is 5.91 Å². The summed E-state index contributed by atoms with van der Waals surface area (Å²) in [7, 11) is 0. The summed E-state index contributed by atoms with van der Waals surface area (Å²) in [5.41, 5.74) is 2.02. The van der Waals surface area contributed by atoms with Gasteiger partial charge in [0.15, 0.2) is 0 Å². The molecule has 0 aliphatic carbocycles. The van der Waals surface area contributed by atoms with Crippen molar-refractivity contribution in [2.45, 2.75) is 64.5 Å². The molecule has 2 heterocycles. The lowest BCUT2D eigenvalue weighted by molar-refractivity contribution is -0.131. The largest absolute Gasteiger partial charge is 0.354 e. The van der Waals surface area contributed by atoms with Crippen molar-refractivity contribution in [2.75, 3.05) is 0 Å². The van der Waals surface area contributed by atoms with E-state index in [2.05, 4.69) is 17.8 Å². The van der Waals surface area contributed by atoms with Crippen LogP contribution in [0.3, 0.4) is 0 Å². The van der Waals surface area contributed by atoms with Gasteiger partial charge in [-0.1, -0.05) is 33.1 Å². The normalized spacial score (nSPS) is 19.4. The second kappa shape index (κ2) is 7.49. The van der Waals surface area contributed by atoms with Crippen molar-refractivity contribution in [2.24, 2.45) is 0 Å². The molecule has 0 fully saturated rings. The van der Waals surface area contributed by atoms with Crippen molar-refractivity contribution in [1.29, 1.82) is 0 Å². The minimum Gasteiger partial charge on any atom is -0.354 e. The average Bonchev–Trinajstić information content (AvgIpc) is 2.98. The summed E-state index contributed by atoms with van der Waals surface area (Å²) in [5, 5.41) is 0.577. The molecule has 0 bridgehead atoms. The van der Waals surface area contributed by atoms with Gasteiger partial charge in [0.1, 0.15) is 11.6 Å². The fraction of sp³-hybridized carbons (Fsp3) is 0.476. The van der Waals surface area contributed by atoms with Crippen molar-refractivity contribution in [3.8, 4) is 12.3 Å². The minimum atomic E-state index is -0.607. The Morgan fingerprint density at radius 3 is 2.73 bits per heavy atom. The van der Waals surface area contributed by atoms with Gasteiger partial charge in [-0.05, 0) is 36.8 Å². The number of terminal acetylenes is 1. The molecule has 0 radical (unpaired) electrons. The standard InChI is InChI=1S/C21H24F2N2O/c1-4-7-9-14-12-16-15-10-13(22)11-17(23)20(15)24-21(16)18(8-5-2)25(14)19(26)6-3/h3,10-11,14,18,24H,4-5,7-9,12H2,1-2H3/t14-,18-/m0/s1. The summed E-state index contributed by atoms with van der Waals surface area (Å²) < 4.78 is 28.1. The van der Waals surface area contributed by atoms with Crippen LogP contribution < -0.4 is 0 Å². The topological polar surface area (TPSA) is 36.1 Å². The van der Waals surface area contributed by atoms with Crippen molar-refractivity contribution in [3.63, 3.8) is 0 Å². The van der Waals surface area contributed by atoms with Crippen LogP contribution in [-0.2, 0) is 11.2 Å². The molecule has 0 saturated carbocycles. The van der Waals surface area contributed by atoms with Gasteiger partial charge < -0.3 is 9.88 Å². The molecule has 1 amide bonds. The second-order valence-electron chi connectivity index (χ2n) is 6.99. The zero-order valence-electron chi connectivity index (χ0n) is 15.2. The van der Waals surface area contributed by atoms with E-state index in [1.807, 2.05) is 6.92 Å². The van der Waals surface area contributed by atoms with Gasteiger partial charge >= 0.3 is 0 Å². The van der Waals surface area contributed by atoms with Crippen molar-refractivity contribution in [1.82, 2.24) is 9.88 Å². The third-order valence-electron chi connectivity index (χ3n) is 5.28. The summed E-state index contributed by atoms with van der Waals surface area (Å²) in [4.78, 5) is 17.4. The fourth-order valence-electron chi connectivity index (χ4n) is 4.15. The lowest BCUT2D eigenvalue weighted by Crippen LogP contribution is -2.47. The van der Waals surface area contributed by atoms with E-state index in [9.17, 15) is 13.6 Å². The first kappa shape index (κ1) is 18.4. The van der Waals surface area contributed by atoms with E-state index in [1.54, 1.807) is 4.90 Å². The summed E-state index contributed by atoms with van der Waals surface area (Å²) in [6.45, 7) is 4.14. The molecule has 0 spiro atoms. The Hall–Kier alpha value is -2.35. The van der Waals surface area contributed by atoms with Gasteiger partial charge in [-0.25, -0.2) is 8.78 Å². The number of nitrogens with one attached hydrogen (secondary N) is 1. The highest BCUT2D eigenvalue weighted by Crippen LogP contribution is 2.41. The monoisotopic (exact) mass is 358 g/mol. The van der Waals surface area contributed by atoms with Gasteiger partial charge in [0.05, 0.1) is 11.6 Å². The molecule has 1 aliphatic rings. The molecule has 138 valence electrons. The SMILES string of the molecule is C#CC(=O)N1[C@@H](CCCC)Cc2c([nH]c3c(F)cc(F)cc23)[C@@H]1CCC. The molecule has 3 rings (SSSR count). The molecular formula is C21H24F2N2O. The van der Waals surface area contributed by atoms with Gasteiger partial charge in [0, 0.05) is 23.2 Å². The smallest absolute Gasteiger partial charge is 0.299 e. The van der Waals surface area contributed by atoms with Crippen LogP contribution in [0.4, 0.5) is 8.78 Å². The number of H-pyrrole nitrogens is 1. The Morgan fingerprint density at radius 1 is 1.31 bits per heavy atom. The Kier molecular flexibility index (Phi) is 5.31. The van der Waals surface area contributed by atoms with Crippen LogP contribution in [0.2, 0.25) is 0 Å². The zero-order valence-corrected chi connectivity index (χ0v) is 15.2. The van der Waals surface area contributed by atoms with E-state index in [1.165, 1.54) is 6.07 Å². The maximum absolute atomic E-state index is 14.3. The molecule has 0 unspecified atom stereocenters. The number of hydrogen-bond acceptors (Lipinski definition) is 1. The molecule has 0 saturated heterocycles. The summed E-state index contributed by atoms with van der Waals surface area (Å²) >= 11 is 0. The summed E-state index contributed by atoms with van der Waals surface area (Å²) in [6.07, 6.45) is 10.4. The Bertz CT molecular complexity index is 865. The van der Waals surface area contributed by atoms with Crippen LogP contribution in [0.5, 0.6) is 0 Å². The number of carbonyl (C=O) groups excluding carboxylic acids is 1. The van der Waals surface area contributed by atoms with Gasteiger partial charge in [0.2, 0.25) is 0 Å². The van der Waals surface area contributed by atoms with Crippen molar-refractivity contribution >= 4 is 16.8 Å². The molecule has 2 atom stereocenters. The number of aromatic amines is 1. The van der Waals surface area contributed by atoms with E-state index in [-0.39, 0.29) is 18.0 Å². The molecule has 5 heteroatoms. The van der Waals surface area contributed by atoms with Crippen LogP contribution in [0.1, 0.15) is 63.3 Å². The minimum absolute atomic E-state index is 0.0483. The number of halogens is 2. The Morgan fingerprint density at radius 2 is 2.08 bits per heavy atom.